The quantitative estimate of drug-likeness (QED) is 0.903. The summed E-state index contributed by atoms with van der Waals surface area (Å²) in [6, 6.07) is 14.6. The first-order valence-corrected chi connectivity index (χ1v) is 6.79. The van der Waals surface area contributed by atoms with E-state index in [1.807, 2.05) is 12.1 Å². The molecule has 98 valence electrons. The normalized spacial score (nSPS) is 17.9. The van der Waals surface area contributed by atoms with E-state index >= 15 is 0 Å². The van der Waals surface area contributed by atoms with Gasteiger partial charge in [-0.3, -0.25) is 0 Å². The molecular formula is C16H16ClNO. The van der Waals surface area contributed by atoms with Crippen molar-refractivity contribution in [3.63, 3.8) is 0 Å². The number of fused-ring (bicyclic) bond motifs is 1. The van der Waals surface area contributed by atoms with Crippen molar-refractivity contribution in [3.8, 4) is 5.75 Å². The minimum Gasteiger partial charge on any atom is -0.495 e. The predicted octanol–water partition coefficient (Wildman–Crippen LogP) is 3.58. The molecule has 1 aliphatic rings. The van der Waals surface area contributed by atoms with Gasteiger partial charge in [-0.05, 0) is 28.8 Å². The monoisotopic (exact) mass is 273 g/mol. The van der Waals surface area contributed by atoms with Gasteiger partial charge in [0.1, 0.15) is 5.75 Å². The molecule has 1 unspecified atom stereocenters. The average molecular weight is 274 g/mol. The van der Waals surface area contributed by atoms with E-state index in [1.54, 1.807) is 7.11 Å². The summed E-state index contributed by atoms with van der Waals surface area (Å²) in [7, 11) is 1.64. The smallest absolute Gasteiger partial charge is 0.137 e. The maximum absolute atomic E-state index is 6.23. The Morgan fingerprint density at radius 2 is 2.05 bits per heavy atom. The van der Waals surface area contributed by atoms with Crippen molar-refractivity contribution in [1.82, 2.24) is 5.32 Å². The lowest BCUT2D eigenvalue weighted by Gasteiger charge is -2.27. The Balaban J connectivity index is 2.02. The molecule has 1 N–H and O–H groups in total. The van der Waals surface area contributed by atoms with E-state index in [1.165, 1.54) is 16.7 Å². The van der Waals surface area contributed by atoms with Crippen LogP contribution < -0.4 is 10.1 Å². The van der Waals surface area contributed by atoms with Crippen LogP contribution >= 0.6 is 11.6 Å². The van der Waals surface area contributed by atoms with Gasteiger partial charge in [0, 0.05) is 19.0 Å². The molecule has 0 aliphatic carbocycles. The van der Waals surface area contributed by atoms with Crippen LogP contribution in [0.5, 0.6) is 5.75 Å². The van der Waals surface area contributed by atoms with Crippen LogP contribution in [0.2, 0.25) is 5.02 Å². The topological polar surface area (TPSA) is 21.3 Å². The zero-order valence-corrected chi connectivity index (χ0v) is 11.6. The second-order valence-electron chi connectivity index (χ2n) is 4.78. The molecule has 2 aromatic carbocycles. The predicted molar refractivity (Wildman–Crippen MR) is 78.0 cm³/mol. The lowest BCUT2D eigenvalue weighted by molar-refractivity contribution is 0.414. The van der Waals surface area contributed by atoms with Gasteiger partial charge in [-0.1, -0.05) is 41.9 Å². The van der Waals surface area contributed by atoms with E-state index in [4.69, 9.17) is 16.3 Å². The number of ether oxygens (including phenoxy) is 1. The third-order valence-corrected chi connectivity index (χ3v) is 3.97. The summed E-state index contributed by atoms with van der Waals surface area (Å²) in [4.78, 5) is 0. The van der Waals surface area contributed by atoms with E-state index in [2.05, 4.69) is 35.6 Å². The van der Waals surface area contributed by atoms with Crippen molar-refractivity contribution in [2.45, 2.75) is 12.5 Å². The van der Waals surface area contributed by atoms with Crippen LogP contribution in [0.25, 0.3) is 0 Å². The number of benzene rings is 2. The Morgan fingerprint density at radius 1 is 1.21 bits per heavy atom. The average Bonchev–Trinajstić information content (AvgIpc) is 2.46. The molecule has 0 saturated carbocycles. The van der Waals surface area contributed by atoms with Crippen LogP contribution in [0.4, 0.5) is 0 Å². The number of halogens is 1. The van der Waals surface area contributed by atoms with E-state index in [0.29, 0.717) is 10.9 Å². The third-order valence-electron chi connectivity index (χ3n) is 3.67. The molecule has 0 spiro atoms. The number of methoxy groups -OCH3 is 1. The SMILES string of the molecule is COc1ccc(C2CNCc3ccccc32)cc1Cl. The fourth-order valence-electron chi connectivity index (χ4n) is 2.69. The van der Waals surface area contributed by atoms with Crippen LogP contribution in [0, 0.1) is 0 Å². The molecule has 1 atom stereocenters. The Morgan fingerprint density at radius 3 is 2.84 bits per heavy atom. The van der Waals surface area contributed by atoms with E-state index in [0.717, 1.165) is 18.8 Å². The molecule has 0 saturated heterocycles. The van der Waals surface area contributed by atoms with Gasteiger partial charge in [0.2, 0.25) is 0 Å². The minimum absolute atomic E-state index is 0.355. The molecule has 2 aromatic rings. The van der Waals surface area contributed by atoms with Crippen LogP contribution in [0.3, 0.4) is 0 Å². The number of nitrogens with one attached hydrogen (secondary N) is 1. The van der Waals surface area contributed by atoms with Gasteiger partial charge >= 0.3 is 0 Å². The third kappa shape index (κ3) is 2.34. The van der Waals surface area contributed by atoms with Gasteiger partial charge in [-0.2, -0.15) is 0 Å². The number of hydrogen-bond acceptors (Lipinski definition) is 2. The summed E-state index contributed by atoms with van der Waals surface area (Å²) in [5.41, 5.74) is 3.98. The molecule has 1 heterocycles. The lowest BCUT2D eigenvalue weighted by Crippen LogP contribution is -2.28. The largest absolute Gasteiger partial charge is 0.495 e. The van der Waals surface area contributed by atoms with Gasteiger partial charge in [-0.15, -0.1) is 0 Å². The summed E-state index contributed by atoms with van der Waals surface area (Å²) in [6.07, 6.45) is 0. The van der Waals surface area contributed by atoms with Gasteiger partial charge in [0.15, 0.2) is 0 Å². The summed E-state index contributed by atoms with van der Waals surface area (Å²) >= 11 is 6.23. The molecule has 3 heteroatoms. The summed E-state index contributed by atoms with van der Waals surface area (Å²) in [5, 5.41) is 4.13. The maximum Gasteiger partial charge on any atom is 0.137 e. The highest BCUT2D eigenvalue weighted by molar-refractivity contribution is 6.32. The highest BCUT2D eigenvalue weighted by atomic mass is 35.5. The molecule has 0 aromatic heterocycles. The second kappa shape index (κ2) is 5.24. The van der Waals surface area contributed by atoms with Gasteiger partial charge < -0.3 is 10.1 Å². The Hall–Kier alpha value is -1.51. The van der Waals surface area contributed by atoms with Crippen molar-refractivity contribution >= 4 is 11.6 Å². The van der Waals surface area contributed by atoms with Crippen LogP contribution in [0.15, 0.2) is 42.5 Å². The van der Waals surface area contributed by atoms with Crippen molar-refractivity contribution in [2.75, 3.05) is 13.7 Å². The summed E-state index contributed by atoms with van der Waals surface area (Å²) in [6.45, 7) is 1.89. The standard InChI is InChI=1S/C16H16ClNO/c1-19-16-7-6-11(8-15(16)17)14-10-18-9-12-4-2-3-5-13(12)14/h2-8,14,18H,9-10H2,1H3. The van der Waals surface area contributed by atoms with E-state index in [-0.39, 0.29) is 0 Å². The first-order valence-electron chi connectivity index (χ1n) is 6.41. The first kappa shape index (κ1) is 12.5. The van der Waals surface area contributed by atoms with Crippen LogP contribution in [-0.4, -0.2) is 13.7 Å². The Bertz CT molecular complexity index is 597. The molecule has 2 nitrogen and oxygen atoms in total. The maximum atomic E-state index is 6.23. The number of hydrogen-bond donors (Lipinski definition) is 1. The second-order valence-corrected chi connectivity index (χ2v) is 5.18. The van der Waals surface area contributed by atoms with Crippen LogP contribution in [0.1, 0.15) is 22.6 Å². The Kier molecular flexibility index (Phi) is 3.45. The molecule has 1 aliphatic heterocycles. The minimum atomic E-state index is 0.355. The first-order chi connectivity index (χ1) is 9.29. The van der Waals surface area contributed by atoms with Crippen molar-refractivity contribution in [2.24, 2.45) is 0 Å². The molecule has 0 fully saturated rings. The van der Waals surface area contributed by atoms with Crippen molar-refractivity contribution < 1.29 is 4.74 Å². The van der Waals surface area contributed by atoms with Gasteiger partial charge in [-0.25, -0.2) is 0 Å². The Labute approximate surface area is 118 Å². The van der Waals surface area contributed by atoms with E-state index in [9.17, 15) is 0 Å². The molecule has 0 amide bonds. The van der Waals surface area contributed by atoms with Crippen molar-refractivity contribution in [3.05, 3.63) is 64.2 Å². The van der Waals surface area contributed by atoms with Crippen molar-refractivity contribution in [1.29, 1.82) is 0 Å². The highest BCUT2D eigenvalue weighted by Crippen LogP contribution is 2.34. The highest BCUT2D eigenvalue weighted by Gasteiger charge is 2.21. The molecule has 0 bridgehead atoms. The zero-order chi connectivity index (χ0) is 13.2. The molecule has 19 heavy (non-hydrogen) atoms. The molecule has 0 radical (unpaired) electrons. The zero-order valence-electron chi connectivity index (χ0n) is 10.8. The lowest BCUT2D eigenvalue weighted by atomic mass is 9.85. The fraction of sp³-hybridized carbons (Fsp3) is 0.250. The molecule has 3 rings (SSSR count). The van der Waals surface area contributed by atoms with Crippen LogP contribution in [-0.2, 0) is 6.54 Å². The fourth-order valence-corrected chi connectivity index (χ4v) is 2.96. The summed E-state index contributed by atoms with van der Waals surface area (Å²) < 4.78 is 5.21. The molecular weight excluding hydrogens is 258 g/mol. The van der Waals surface area contributed by atoms with Gasteiger partial charge in [0.25, 0.3) is 0 Å². The number of rotatable bonds is 2. The van der Waals surface area contributed by atoms with Gasteiger partial charge in [0.05, 0.1) is 12.1 Å². The summed E-state index contributed by atoms with van der Waals surface area (Å²) in [5.74, 6) is 1.08. The van der Waals surface area contributed by atoms with E-state index < -0.39 is 0 Å².